The van der Waals surface area contributed by atoms with Crippen LogP contribution in [0.1, 0.15) is 0 Å². The average molecular weight is 652 g/mol. The van der Waals surface area contributed by atoms with Crippen molar-refractivity contribution in [1.29, 1.82) is 0 Å². The first-order valence-corrected chi connectivity index (χ1v) is 17.1. The summed E-state index contributed by atoms with van der Waals surface area (Å²) in [5, 5.41) is 6.92. The van der Waals surface area contributed by atoms with Gasteiger partial charge in [-0.3, -0.25) is 0 Å². The number of hydrogen-bond donors (Lipinski definition) is 0. The van der Waals surface area contributed by atoms with Gasteiger partial charge in [-0.15, -0.1) is 0 Å². The summed E-state index contributed by atoms with van der Waals surface area (Å²) in [5.74, 6) is 1.90. The molecule has 0 aliphatic heterocycles. The van der Waals surface area contributed by atoms with Gasteiger partial charge >= 0.3 is 0 Å². The molecular weight excluding hydrogens is 627 g/mol. The smallest absolute Gasteiger partial charge is 0.164 e. The Labute approximate surface area is 289 Å². The summed E-state index contributed by atoms with van der Waals surface area (Å²) in [6, 6.07) is 53.0. The number of benzene rings is 7. The van der Waals surface area contributed by atoms with Crippen molar-refractivity contribution in [2.45, 2.75) is 0 Å². The second-order valence-corrected chi connectivity index (χ2v) is 13.2. The molecule has 12 aromatic rings. The van der Waals surface area contributed by atoms with Crippen LogP contribution in [0.25, 0.3) is 111 Å². The molecule has 0 amide bonds. The van der Waals surface area contributed by atoms with E-state index in [2.05, 4.69) is 124 Å². The van der Waals surface area contributed by atoms with Gasteiger partial charge in [-0.05, 0) is 48.5 Å². The van der Waals surface area contributed by atoms with E-state index in [9.17, 15) is 0 Å². The fourth-order valence-corrected chi connectivity index (χ4v) is 8.34. The van der Waals surface area contributed by atoms with E-state index in [0.29, 0.717) is 17.5 Å². The van der Waals surface area contributed by atoms with Crippen LogP contribution in [0, 0.1) is 0 Å². The maximum Gasteiger partial charge on any atom is 0.164 e. The number of furan rings is 1. The van der Waals surface area contributed by atoms with Crippen LogP contribution < -0.4 is 0 Å². The van der Waals surface area contributed by atoms with E-state index in [0.717, 1.165) is 82.5 Å². The van der Waals surface area contributed by atoms with Crippen LogP contribution in [0.2, 0.25) is 0 Å². The van der Waals surface area contributed by atoms with Crippen molar-refractivity contribution >= 4 is 76.6 Å². The third-order valence-corrected chi connectivity index (χ3v) is 10.5. The fourth-order valence-electron chi connectivity index (χ4n) is 8.34. The van der Waals surface area contributed by atoms with Gasteiger partial charge in [0.15, 0.2) is 17.5 Å². The predicted octanol–water partition coefficient (Wildman–Crippen LogP) is 11.3. The predicted molar refractivity (Wildman–Crippen MR) is 207 cm³/mol. The Morgan fingerprint density at radius 1 is 0.353 bits per heavy atom. The summed E-state index contributed by atoms with van der Waals surface area (Å²) in [6.45, 7) is 0. The topological polar surface area (TPSA) is 60.6 Å². The Morgan fingerprint density at radius 2 is 0.902 bits per heavy atom. The molecule has 236 valence electrons. The number of aromatic nitrogens is 5. The molecule has 0 N–H and O–H groups in total. The molecular formula is C45H25N5O. The summed E-state index contributed by atoms with van der Waals surface area (Å²) >= 11 is 0. The van der Waals surface area contributed by atoms with Gasteiger partial charge in [0, 0.05) is 38.2 Å². The summed E-state index contributed by atoms with van der Waals surface area (Å²) < 4.78 is 11.5. The highest BCUT2D eigenvalue weighted by molar-refractivity contribution is 6.29. The van der Waals surface area contributed by atoms with E-state index in [1.54, 1.807) is 0 Å². The molecule has 0 aliphatic rings. The molecule has 5 heterocycles. The van der Waals surface area contributed by atoms with Gasteiger partial charge in [0.05, 0.1) is 43.9 Å². The van der Waals surface area contributed by atoms with Crippen molar-refractivity contribution in [3.05, 3.63) is 152 Å². The number of fused-ring (bicyclic) bond motifs is 8. The maximum absolute atomic E-state index is 6.61. The Kier molecular flexibility index (Phi) is 5.14. The van der Waals surface area contributed by atoms with E-state index in [1.807, 2.05) is 36.4 Å². The zero-order valence-electron chi connectivity index (χ0n) is 27.1. The normalized spacial score (nSPS) is 12.3. The van der Waals surface area contributed by atoms with Crippen molar-refractivity contribution < 1.29 is 4.42 Å². The maximum atomic E-state index is 6.61. The first kappa shape index (κ1) is 26.9. The lowest BCUT2D eigenvalue weighted by molar-refractivity contribution is 0.669. The molecule has 0 bridgehead atoms. The van der Waals surface area contributed by atoms with E-state index in [4.69, 9.17) is 19.4 Å². The summed E-state index contributed by atoms with van der Waals surface area (Å²) in [6.07, 6.45) is 0. The van der Waals surface area contributed by atoms with Crippen LogP contribution in [0.4, 0.5) is 0 Å². The van der Waals surface area contributed by atoms with Crippen LogP contribution in [0.3, 0.4) is 0 Å². The summed E-state index contributed by atoms with van der Waals surface area (Å²) in [4.78, 5) is 15.3. The molecule has 0 aliphatic carbocycles. The van der Waals surface area contributed by atoms with E-state index >= 15 is 0 Å². The van der Waals surface area contributed by atoms with Gasteiger partial charge in [0.25, 0.3) is 0 Å². The van der Waals surface area contributed by atoms with Crippen molar-refractivity contribution in [3.8, 4) is 34.2 Å². The molecule has 12 rings (SSSR count). The molecule has 0 fully saturated rings. The van der Waals surface area contributed by atoms with Gasteiger partial charge in [0.2, 0.25) is 0 Å². The lowest BCUT2D eigenvalue weighted by atomic mass is 10.1. The highest BCUT2D eigenvalue weighted by atomic mass is 16.3. The molecule has 0 atom stereocenters. The quantitative estimate of drug-likeness (QED) is 0.191. The lowest BCUT2D eigenvalue weighted by Gasteiger charge is -2.12. The third kappa shape index (κ3) is 3.57. The summed E-state index contributed by atoms with van der Waals surface area (Å²) in [7, 11) is 0. The highest BCUT2D eigenvalue weighted by Crippen LogP contribution is 2.45. The SMILES string of the molecule is c1ccc(-c2nc(-c3ccccc3)nc(-c3cc4c5ccccc5n5c6cccc7oc8ccc9c%10ccccc%10n(c(c3)c45)c9c8c76)n2)cc1. The van der Waals surface area contributed by atoms with Crippen LogP contribution in [-0.4, -0.2) is 23.8 Å². The number of para-hydroxylation sites is 2. The van der Waals surface area contributed by atoms with Crippen molar-refractivity contribution in [3.63, 3.8) is 0 Å². The second-order valence-electron chi connectivity index (χ2n) is 13.2. The van der Waals surface area contributed by atoms with Crippen LogP contribution in [-0.2, 0) is 0 Å². The molecule has 7 aromatic carbocycles. The van der Waals surface area contributed by atoms with Crippen LogP contribution in [0.15, 0.2) is 156 Å². The van der Waals surface area contributed by atoms with E-state index in [-0.39, 0.29) is 0 Å². The average Bonchev–Trinajstić information content (AvgIpc) is 3.85. The molecule has 6 heteroatoms. The largest absolute Gasteiger partial charge is 0.456 e. The Morgan fingerprint density at radius 3 is 1.59 bits per heavy atom. The van der Waals surface area contributed by atoms with Gasteiger partial charge in [-0.1, -0.05) is 103 Å². The van der Waals surface area contributed by atoms with Crippen molar-refractivity contribution in [1.82, 2.24) is 23.8 Å². The highest BCUT2D eigenvalue weighted by Gasteiger charge is 2.24. The minimum Gasteiger partial charge on any atom is -0.456 e. The van der Waals surface area contributed by atoms with E-state index in [1.165, 1.54) is 10.8 Å². The molecule has 0 saturated heterocycles. The minimum absolute atomic E-state index is 0.622. The standard InChI is InChI=1S/C45H25N5O/c1-3-12-26(13-4-1)43-46-44(27-14-5-2-6-15-27)48-45(47-43)28-24-32-30-17-8-10-19-34(30)49-35-20-11-21-37-39(35)40-38(51-37)23-22-31-29-16-7-9-18-33(29)50(42(31)40)36(25-28)41(32)49/h1-25H. The molecule has 0 unspecified atom stereocenters. The minimum atomic E-state index is 0.622. The second kappa shape index (κ2) is 9.77. The van der Waals surface area contributed by atoms with Gasteiger partial charge in [-0.2, -0.15) is 0 Å². The first-order valence-electron chi connectivity index (χ1n) is 17.1. The summed E-state index contributed by atoms with van der Waals surface area (Å²) in [5.41, 5.74) is 11.2. The molecule has 6 nitrogen and oxygen atoms in total. The van der Waals surface area contributed by atoms with Crippen molar-refractivity contribution in [2.75, 3.05) is 0 Å². The Balaban J connectivity index is 1.34. The molecule has 5 aromatic heterocycles. The first-order chi connectivity index (χ1) is 25.3. The zero-order chi connectivity index (χ0) is 33.2. The monoisotopic (exact) mass is 651 g/mol. The van der Waals surface area contributed by atoms with Gasteiger partial charge in [0.1, 0.15) is 11.2 Å². The third-order valence-electron chi connectivity index (χ3n) is 10.5. The molecule has 51 heavy (non-hydrogen) atoms. The number of hydrogen-bond acceptors (Lipinski definition) is 4. The number of rotatable bonds is 3. The molecule has 0 radical (unpaired) electrons. The van der Waals surface area contributed by atoms with E-state index < -0.39 is 0 Å². The van der Waals surface area contributed by atoms with Crippen molar-refractivity contribution in [2.24, 2.45) is 0 Å². The van der Waals surface area contributed by atoms with Gasteiger partial charge < -0.3 is 13.2 Å². The molecule has 0 saturated carbocycles. The fraction of sp³-hybridized carbons (Fsp3) is 0. The van der Waals surface area contributed by atoms with Gasteiger partial charge in [-0.25, -0.2) is 15.0 Å². The molecule has 0 spiro atoms. The van der Waals surface area contributed by atoms with Crippen LogP contribution >= 0.6 is 0 Å². The number of nitrogens with zero attached hydrogens (tertiary/aromatic N) is 5. The van der Waals surface area contributed by atoms with Crippen LogP contribution in [0.5, 0.6) is 0 Å². The Hall–Kier alpha value is -7.05. The zero-order valence-corrected chi connectivity index (χ0v) is 27.1. The lowest BCUT2D eigenvalue weighted by Crippen LogP contribution is -2.01. The Bertz CT molecular complexity index is 3300.